The third-order valence-electron chi connectivity index (χ3n) is 2.86. The molecule has 15 heavy (non-hydrogen) atoms. The van der Waals surface area contributed by atoms with Gasteiger partial charge in [0.15, 0.2) is 0 Å². The topological polar surface area (TPSA) is 35.2 Å². The minimum atomic E-state index is -0.158. The lowest BCUT2D eigenvalue weighted by molar-refractivity contribution is -0.0257. The maximum atomic E-state index is 5.81. The van der Waals surface area contributed by atoms with Crippen LogP contribution in [0.1, 0.15) is 25.8 Å². The van der Waals surface area contributed by atoms with E-state index in [2.05, 4.69) is 38.1 Å². The van der Waals surface area contributed by atoms with Crippen LogP contribution in [-0.4, -0.2) is 18.8 Å². The number of ether oxygens (including phenoxy) is 1. The van der Waals surface area contributed by atoms with Crippen LogP contribution in [0.3, 0.4) is 0 Å². The van der Waals surface area contributed by atoms with Crippen molar-refractivity contribution in [3.05, 3.63) is 35.9 Å². The molecule has 0 aliphatic heterocycles. The lowest BCUT2D eigenvalue weighted by Crippen LogP contribution is -2.37. The predicted octanol–water partition coefficient (Wildman–Crippen LogP) is 2.37. The lowest BCUT2D eigenvalue weighted by atomic mass is 10.0. The zero-order chi connectivity index (χ0) is 11.1. The lowest BCUT2D eigenvalue weighted by Gasteiger charge is -2.26. The molecule has 1 aromatic rings. The molecule has 2 nitrogen and oxygen atoms in total. The zero-order valence-electron chi connectivity index (χ0n) is 9.70. The Labute approximate surface area is 92.4 Å². The number of benzene rings is 1. The zero-order valence-corrected chi connectivity index (χ0v) is 9.70. The first-order valence-corrected chi connectivity index (χ1v) is 5.58. The van der Waals surface area contributed by atoms with E-state index >= 15 is 0 Å². The molecular weight excluding hydrogens is 186 g/mol. The highest BCUT2D eigenvalue weighted by Gasteiger charge is 2.19. The van der Waals surface area contributed by atoms with E-state index < -0.39 is 0 Å². The summed E-state index contributed by atoms with van der Waals surface area (Å²) in [5.74, 6) is 0. The normalized spacial score (nSPS) is 14.9. The van der Waals surface area contributed by atoms with E-state index in [4.69, 9.17) is 10.5 Å². The molecule has 0 aliphatic carbocycles. The summed E-state index contributed by atoms with van der Waals surface area (Å²) in [6, 6.07) is 10.4. The molecule has 2 N–H and O–H groups in total. The van der Waals surface area contributed by atoms with E-state index in [1.807, 2.05) is 6.07 Å². The van der Waals surface area contributed by atoms with Gasteiger partial charge in [-0.1, -0.05) is 37.3 Å². The van der Waals surface area contributed by atoms with Gasteiger partial charge in [-0.15, -0.1) is 0 Å². The molecule has 0 aliphatic rings. The van der Waals surface area contributed by atoms with Crippen LogP contribution in [0, 0.1) is 0 Å². The van der Waals surface area contributed by atoms with Crippen molar-refractivity contribution in [2.75, 3.05) is 13.2 Å². The van der Waals surface area contributed by atoms with Gasteiger partial charge in [0.25, 0.3) is 0 Å². The fraction of sp³-hybridized carbons (Fsp3) is 0.538. The Morgan fingerprint density at radius 1 is 1.27 bits per heavy atom. The van der Waals surface area contributed by atoms with Crippen LogP contribution < -0.4 is 5.73 Å². The van der Waals surface area contributed by atoms with Gasteiger partial charge in [-0.05, 0) is 25.3 Å². The standard InChI is InChI=1S/C13H21NO/c1-3-13(2,11-14)15-10-9-12-7-5-4-6-8-12/h4-8H,3,9-11,14H2,1-2H3. The summed E-state index contributed by atoms with van der Waals surface area (Å²) in [7, 11) is 0. The molecule has 0 saturated heterocycles. The SMILES string of the molecule is CCC(C)(CN)OCCc1ccccc1. The van der Waals surface area contributed by atoms with Crippen molar-refractivity contribution >= 4 is 0 Å². The van der Waals surface area contributed by atoms with Gasteiger partial charge in [-0.2, -0.15) is 0 Å². The number of hydrogen-bond donors (Lipinski definition) is 1. The van der Waals surface area contributed by atoms with Crippen LogP contribution in [0.2, 0.25) is 0 Å². The van der Waals surface area contributed by atoms with Gasteiger partial charge in [0.2, 0.25) is 0 Å². The van der Waals surface area contributed by atoms with Crippen LogP contribution in [0.25, 0.3) is 0 Å². The summed E-state index contributed by atoms with van der Waals surface area (Å²) in [5.41, 5.74) is 6.83. The molecule has 2 heteroatoms. The smallest absolute Gasteiger partial charge is 0.0773 e. The summed E-state index contributed by atoms with van der Waals surface area (Å²) in [4.78, 5) is 0. The molecule has 0 fully saturated rings. The summed E-state index contributed by atoms with van der Waals surface area (Å²) < 4.78 is 5.81. The van der Waals surface area contributed by atoms with Crippen molar-refractivity contribution in [1.82, 2.24) is 0 Å². The second-order valence-electron chi connectivity index (χ2n) is 4.09. The van der Waals surface area contributed by atoms with Crippen molar-refractivity contribution in [2.24, 2.45) is 5.73 Å². The largest absolute Gasteiger partial charge is 0.374 e. The molecule has 0 aromatic heterocycles. The summed E-state index contributed by atoms with van der Waals surface area (Å²) in [6.07, 6.45) is 1.91. The van der Waals surface area contributed by atoms with Crippen LogP contribution in [0.4, 0.5) is 0 Å². The molecule has 0 amide bonds. The molecule has 1 atom stereocenters. The number of hydrogen-bond acceptors (Lipinski definition) is 2. The number of rotatable bonds is 6. The van der Waals surface area contributed by atoms with Crippen molar-refractivity contribution in [2.45, 2.75) is 32.3 Å². The molecule has 84 valence electrons. The first kappa shape index (κ1) is 12.2. The minimum absolute atomic E-state index is 0.158. The Bertz CT molecular complexity index is 267. The average molecular weight is 207 g/mol. The molecule has 1 unspecified atom stereocenters. The summed E-state index contributed by atoms with van der Waals surface area (Å²) in [5, 5.41) is 0. The average Bonchev–Trinajstić information content (AvgIpc) is 2.30. The maximum absolute atomic E-state index is 5.81. The van der Waals surface area contributed by atoms with E-state index in [0.29, 0.717) is 6.54 Å². The van der Waals surface area contributed by atoms with E-state index in [1.54, 1.807) is 0 Å². The second kappa shape index (κ2) is 5.89. The number of nitrogens with two attached hydrogens (primary N) is 1. The van der Waals surface area contributed by atoms with Gasteiger partial charge in [0.1, 0.15) is 0 Å². The Morgan fingerprint density at radius 2 is 1.93 bits per heavy atom. The Morgan fingerprint density at radius 3 is 2.47 bits per heavy atom. The second-order valence-corrected chi connectivity index (χ2v) is 4.09. The molecule has 0 radical (unpaired) electrons. The van der Waals surface area contributed by atoms with Crippen LogP contribution >= 0.6 is 0 Å². The molecule has 0 heterocycles. The molecular formula is C13H21NO. The molecule has 1 rings (SSSR count). The fourth-order valence-electron chi connectivity index (χ4n) is 1.37. The molecule has 0 saturated carbocycles. The van der Waals surface area contributed by atoms with E-state index in [1.165, 1.54) is 5.56 Å². The summed E-state index contributed by atoms with van der Waals surface area (Å²) in [6.45, 7) is 5.50. The fourth-order valence-corrected chi connectivity index (χ4v) is 1.37. The van der Waals surface area contributed by atoms with Gasteiger partial charge in [-0.3, -0.25) is 0 Å². The van der Waals surface area contributed by atoms with E-state index in [0.717, 1.165) is 19.4 Å². The van der Waals surface area contributed by atoms with Crippen molar-refractivity contribution in [3.8, 4) is 0 Å². The first-order valence-electron chi connectivity index (χ1n) is 5.58. The van der Waals surface area contributed by atoms with Gasteiger partial charge >= 0.3 is 0 Å². The maximum Gasteiger partial charge on any atom is 0.0773 e. The Hall–Kier alpha value is -0.860. The predicted molar refractivity (Wildman–Crippen MR) is 63.8 cm³/mol. The van der Waals surface area contributed by atoms with E-state index in [-0.39, 0.29) is 5.60 Å². The minimum Gasteiger partial charge on any atom is -0.374 e. The summed E-state index contributed by atoms with van der Waals surface area (Å²) >= 11 is 0. The van der Waals surface area contributed by atoms with Gasteiger partial charge < -0.3 is 10.5 Å². The van der Waals surface area contributed by atoms with Gasteiger partial charge in [0.05, 0.1) is 12.2 Å². The first-order chi connectivity index (χ1) is 7.20. The van der Waals surface area contributed by atoms with Crippen LogP contribution in [-0.2, 0) is 11.2 Å². The van der Waals surface area contributed by atoms with Crippen molar-refractivity contribution < 1.29 is 4.74 Å². The molecule has 0 spiro atoms. The third-order valence-corrected chi connectivity index (χ3v) is 2.86. The van der Waals surface area contributed by atoms with Crippen LogP contribution in [0.15, 0.2) is 30.3 Å². The van der Waals surface area contributed by atoms with Gasteiger partial charge in [-0.25, -0.2) is 0 Å². The van der Waals surface area contributed by atoms with Gasteiger partial charge in [0, 0.05) is 6.54 Å². The van der Waals surface area contributed by atoms with E-state index in [9.17, 15) is 0 Å². The highest BCUT2D eigenvalue weighted by Crippen LogP contribution is 2.13. The Kier molecular flexibility index (Phi) is 4.79. The third kappa shape index (κ3) is 4.02. The molecule has 0 bridgehead atoms. The highest BCUT2D eigenvalue weighted by molar-refractivity contribution is 5.14. The van der Waals surface area contributed by atoms with Crippen molar-refractivity contribution in [3.63, 3.8) is 0 Å². The quantitative estimate of drug-likeness (QED) is 0.777. The van der Waals surface area contributed by atoms with Crippen LogP contribution in [0.5, 0.6) is 0 Å². The molecule has 1 aromatic carbocycles. The monoisotopic (exact) mass is 207 g/mol. The highest BCUT2D eigenvalue weighted by atomic mass is 16.5. The van der Waals surface area contributed by atoms with Crippen molar-refractivity contribution in [1.29, 1.82) is 0 Å². The Balaban J connectivity index is 2.33.